The molecule has 0 saturated carbocycles. The number of anilines is 1. The number of amides is 1. The third kappa shape index (κ3) is 6.11. The maximum Gasteiger partial charge on any atom is 0.251 e. The van der Waals surface area contributed by atoms with Gasteiger partial charge in [0.05, 0.1) is 21.7 Å². The molecule has 0 aliphatic heterocycles. The fourth-order valence-corrected chi connectivity index (χ4v) is 5.78. The second-order valence-corrected chi connectivity index (χ2v) is 12.0. The highest BCUT2D eigenvalue weighted by Gasteiger charge is 2.22. The average Bonchev–Trinajstić information content (AvgIpc) is 2.93. The Hall–Kier alpha value is -3.57. The van der Waals surface area contributed by atoms with E-state index in [0.717, 1.165) is 28.5 Å². The van der Waals surface area contributed by atoms with Gasteiger partial charge in [-0.3, -0.25) is 14.8 Å². The van der Waals surface area contributed by atoms with Gasteiger partial charge < -0.3 is 10.6 Å². The molecule has 38 heavy (non-hydrogen) atoms. The standard InChI is InChI=1S/C27H30N6O3S2/c1-17(21-6-5-7-22-23(27(34)28-2)8-9-30-26(21)22)19(15-37-3)13-31-25-11-24(32-16-33-25)18-10-20(14-29-12-18)38(4,35)36/h5-12,14,16-17,19H,13,15H2,1-4H3,(H,28,34)(H,31,32,33). The number of rotatable bonds is 10. The van der Waals surface area contributed by atoms with Gasteiger partial charge in [-0.2, -0.15) is 11.8 Å². The molecule has 2 atom stereocenters. The summed E-state index contributed by atoms with van der Waals surface area (Å²) in [4.78, 5) is 29.9. The summed E-state index contributed by atoms with van der Waals surface area (Å²) in [6, 6.07) is 11.1. The smallest absolute Gasteiger partial charge is 0.251 e. The summed E-state index contributed by atoms with van der Waals surface area (Å²) in [6.07, 6.45) is 9.27. The number of sulfone groups is 1. The number of nitrogens with one attached hydrogen (secondary N) is 2. The van der Waals surface area contributed by atoms with Gasteiger partial charge in [0.1, 0.15) is 12.1 Å². The van der Waals surface area contributed by atoms with Crippen molar-refractivity contribution in [3.8, 4) is 11.3 Å². The Morgan fingerprint density at radius 1 is 1.11 bits per heavy atom. The number of hydrogen-bond acceptors (Lipinski definition) is 9. The van der Waals surface area contributed by atoms with E-state index < -0.39 is 9.84 Å². The van der Waals surface area contributed by atoms with Crippen molar-refractivity contribution in [3.63, 3.8) is 0 Å². The molecule has 4 rings (SSSR count). The van der Waals surface area contributed by atoms with Crippen LogP contribution in [0.2, 0.25) is 0 Å². The Bertz CT molecular complexity index is 1560. The fourth-order valence-electron chi connectivity index (χ4n) is 4.36. The first-order valence-corrected chi connectivity index (χ1v) is 15.3. The van der Waals surface area contributed by atoms with Crippen LogP contribution in [0.25, 0.3) is 22.2 Å². The largest absolute Gasteiger partial charge is 0.370 e. The maximum atomic E-state index is 12.4. The van der Waals surface area contributed by atoms with Crippen LogP contribution in [0, 0.1) is 5.92 Å². The number of carbonyl (C=O) groups excluding carboxylic acids is 1. The molecule has 0 spiro atoms. The molecule has 0 aliphatic rings. The Morgan fingerprint density at radius 3 is 2.66 bits per heavy atom. The van der Waals surface area contributed by atoms with Crippen LogP contribution in [0.4, 0.5) is 5.82 Å². The zero-order valence-electron chi connectivity index (χ0n) is 21.7. The molecule has 3 aromatic heterocycles. The molecule has 198 valence electrons. The van der Waals surface area contributed by atoms with E-state index in [1.807, 2.05) is 12.1 Å². The molecule has 9 nitrogen and oxygen atoms in total. The topological polar surface area (TPSA) is 127 Å². The highest BCUT2D eigenvalue weighted by molar-refractivity contribution is 7.98. The lowest BCUT2D eigenvalue weighted by molar-refractivity contribution is 0.0964. The number of para-hydroxylation sites is 1. The van der Waals surface area contributed by atoms with E-state index in [2.05, 4.69) is 49.8 Å². The van der Waals surface area contributed by atoms with Crippen molar-refractivity contribution in [2.45, 2.75) is 17.7 Å². The molecule has 3 heterocycles. The molecule has 1 amide bonds. The van der Waals surface area contributed by atoms with Crippen molar-refractivity contribution < 1.29 is 13.2 Å². The number of fused-ring (bicyclic) bond motifs is 1. The van der Waals surface area contributed by atoms with E-state index in [1.54, 1.807) is 49.4 Å². The summed E-state index contributed by atoms with van der Waals surface area (Å²) in [5, 5.41) is 6.97. The quantitative estimate of drug-likeness (QED) is 0.301. The number of thioether (sulfide) groups is 1. The second-order valence-electron chi connectivity index (χ2n) is 9.04. The van der Waals surface area contributed by atoms with Gasteiger partial charge in [-0.05, 0) is 41.5 Å². The number of aromatic nitrogens is 4. The predicted octanol–water partition coefficient (Wildman–Crippen LogP) is 4.04. The van der Waals surface area contributed by atoms with Crippen molar-refractivity contribution in [1.29, 1.82) is 0 Å². The normalized spacial score (nSPS) is 13.2. The van der Waals surface area contributed by atoms with E-state index in [1.165, 1.54) is 12.5 Å². The Balaban J connectivity index is 1.58. The summed E-state index contributed by atoms with van der Waals surface area (Å²) in [7, 11) is -1.76. The van der Waals surface area contributed by atoms with Crippen molar-refractivity contribution in [2.24, 2.45) is 5.92 Å². The summed E-state index contributed by atoms with van der Waals surface area (Å²) in [5.74, 6) is 1.77. The molecule has 0 bridgehead atoms. The van der Waals surface area contributed by atoms with Gasteiger partial charge in [0.15, 0.2) is 9.84 Å². The van der Waals surface area contributed by atoms with Crippen molar-refractivity contribution in [1.82, 2.24) is 25.3 Å². The van der Waals surface area contributed by atoms with Crippen molar-refractivity contribution >= 4 is 44.2 Å². The number of carbonyl (C=O) groups is 1. The van der Waals surface area contributed by atoms with Crippen LogP contribution in [-0.4, -0.2) is 66.1 Å². The minimum Gasteiger partial charge on any atom is -0.370 e. The molecular weight excluding hydrogens is 520 g/mol. The zero-order chi connectivity index (χ0) is 27.3. The molecule has 11 heteroatoms. The molecule has 0 aliphatic carbocycles. The van der Waals surface area contributed by atoms with E-state index >= 15 is 0 Å². The van der Waals surface area contributed by atoms with E-state index in [0.29, 0.717) is 29.2 Å². The van der Waals surface area contributed by atoms with Gasteiger partial charge in [-0.15, -0.1) is 0 Å². The van der Waals surface area contributed by atoms with Crippen molar-refractivity contribution in [2.75, 3.05) is 37.2 Å². The zero-order valence-corrected chi connectivity index (χ0v) is 23.3. The lowest BCUT2D eigenvalue weighted by Crippen LogP contribution is -2.23. The molecule has 0 saturated heterocycles. The number of pyridine rings is 2. The van der Waals surface area contributed by atoms with Crippen LogP contribution in [-0.2, 0) is 9.84 Å². The van der Waals surface area contributed by atoms with Crippen LogP contribution >= 0.6 is 11.8 Å². The molecule has 2 N–H and O–H groups in total. The van der Waals surface area contributed by atoms with Gasteiger partial charge in [-0.25, -0.2) is 18.4 Å². The molecule has 0 radical (unpaired) electrons. The molecular formula is C27H30N6O3S2. The molecule has 1 aromatic carbocycles. The first-order valence-electron chi connectivity index (χ1n) is 12.0. The summed E-state index contributed by atoms with van der Waals surface area (Å²) in [5.41, 5.74) is 3.70. The van der Waals surface area contributed by atoms with E-state index in [9.17, 15) is 13.2 Å². The van der Waals surface area contributed by atoms with Crippen molar-refractivity contribution in [3.05, 3.63) is 72.4 Å². The highest BCUT2D eigenvalue weighted by Crippen LogP contribution is 2.32. The first-order chi connectivity index (χ1) is 18.2. The van der Waals surface area contributed by atoms with E-state index in [4.69, 9.17) is 0 Å². The summed E-state index contributed by atoms with van der Waals surface area (Å²) in [6.45, 7) is 2.82. The molecule has 0 fully saturated rings. The number of nitrogens with zero attached hydrogens (tertiary/aromatic N) is 4. The lowest BCUT2D eigenvalue weighted by atomic mass is 9.86. The van der Waals surface area contributed by atoms with Gasteiger partial charge in [-0.1, -0.05) is 25.1 Å². The summed E-state index contributed by atoms with van der Waals surface area (Å²) >= 11 is 1.77. The number of benzene rings is 1. The lowest BCUT2D eigenvalue weighted by Gasteiger charge is -2.25. The van der Waals surface area contributed by atoms with Crippen LogP contribution in [0.5, 0.6) is 0 Å². The minimum atomic E-state index is -3.38. The third-order valence-electron chi connectivity index (χ3n) is 6.50. The fraction of sp³-hybridized carbons (Fsp3) is 0.296. The van der Waals surface area contributed by atoms with E-state index in [-0.39, 0.29) is 22.6 Å². The Kier molecular flexibility index (Phi) is 8.58. The van der Waals surface area contributed by atoms with Crippen LogP contribution in [0.1, 0.15) is 28.8 Å². The highest BCUT2D eigenvalue weighted by atomic mass is 32.2. The van der Waals surface area contributed by atoms with Gasteiger partial charge in [0, 0.05) is 55.5 Å². The minimum absolute atomic E-state index is 0.138. The predicted molar refractivity (Wildman–Crippen MR) is 152 cm³/mol. The van der Waals surface area contributed by atoms with Crippen LogP contribution in [0.3, 0.4) is 0 Å². The van der Waals surface area contributed by atoms with Crippen LogP contribution in [0.15, 0.2) is 66.2 Å². The molecule has 2 unspecified atom stereocenters. The number of hydrogen-bond donors (Lipinski definition) is 2. The first kappa shape index (κ1) is 27.5. The summed E-state index contributed by atoms with van der Waals surface area (Å²) < 4.78 is 23.9. The SMILES string of the molecule is CNC(=O)c1ccnc2c(C(C)C(CNc3cc(-c4cncc(S(C)(=O)=O)c4)ncn3)CSC)cccc12. The third-order valence-corrected chi connectivity index (χ3v) is 8.34. The average molecular weight is 551 g/mol. The Morgan fingerprint density at radius 2 is 1.92 bits per heavy atom. The molecule has 4 aromatic rings. The van der Waals surface area contributed by atoms with Gasteiger partial charge in [0.2, 0.25) is 0 Å². The van der Waals surface area contributed by atoms with Gasteiger partial charge in [0.25, 0.3) is 5.91 Å². The maximum absolute atomic E-state index is 12.4. The second kappa shape index (κ2) is 11.9. The van der Waals surface area contributed by atoms with Crippen LogP contribution < -0.4 is 10.6 Å². The van der Waals surface area contributed by atoms with Gasteiger partial charge >= 0.3 is 0 Å². The Labute approximate surface area is 226 Å². The monoisotopic (exact) mass is 550 g/mol.